The fourth-order valence-electron chi connectivity index (χ4n) is 3.04. The van der Waals surface area contributed by atoms with E-state index in [1.165, 1.54) is 11.3 Å². The van der Waals surface area contributed by atoms with Gasteiger partial charge in [0.2, 0.25) is 5.89 Å². The second-order valence-corrected chi connectivity index (χ2v) is 8.18. The van der Waals surface area contributed by atoms with Crippen molar-refractivity contribution in [2.75, 3.05) is 37.7 Å². The average Bonchev–Trinajstić information content (AvgIpc) is 3.21. The Morgan fingerprint density at radius 3 is 2.48 bits per heavy atom. The summed E-state index contributed by atoms with van der Waals surface area (Å²) in [5.74, 6) is 2.30. The third kappa shape index (κ3) is 6.22. The molecule has 0 aliphatic carbocycles. The highest BCUT2D eigenvalue weighted by atomic mass is 16.5. The van der Waals surface area contributed by atoms with Gasteiger partial charge in [0.1, 0.15) is 5.76 Å². The maximum atomic E-state index is 5.84. The molecule has 158 valence electrons. The Bertz CT molecular complexity index is 786. The third-order valence-corrected chi connectivity index (χ3v) is 4.78. The minimum absolute atomic E-state index is 0.0444. The molecular formula is C22H33N5O2. The lowest BCUT2D eigenvalue weighted by Crippen LogP contribution is -2.36. The first-order chi connectivity index (χ1) is 14.0. The smallest absolute Gasteiger partial charge is 0.213 e. The fourth-order valence-corrected chi connectivity index (χ4v) is 3.04. The van der Waals surface area contributed by atoms with E-state index in [2.05, 4.69) is 77.5 Å². The number of morpholine rings is 1. The van der Waals surface area contributed by atoms with Crippen LogP contribution in [-0.4, -0.2) is 43.8 Å². The summed E-state index contributed by atoms with van der Waals surface area (Å²) in [6.07, 6.45) is 1.80. The monoisotopic (exact) mass is 399 g/mol. The van der Waals surface area contributed by atoms with Crippen LogP contribution in [0.15, 0.2) is 39.9 Å². The third-order valence-electron chi connectivity index (χ3n) is 4.78. The molecule has 1 aromatic carbocycles. The van der Waals surface area contributed by atoms with Crippen molar-refractivity contribution in [1.82, 2.24) is 15.6 Å². The first-order valence-corrected chi connectivity index (χ1v) is 10.3. The molecule has 0 radical (unpaired) electrons. The molecule has 1 aromatic heterocycles. The first kappa shape index (κ1) is 21.2. The molecule has 1 aliphatic heterocycles. The summed E-state index contributed by atoms with van der Waals surface area (Å²) in [6, 6.07) is 8.61. The number of ether oxygens (including phenoxy) is 1. The van der Waals surface area contributed by atoms with Gasteiger partial charge in [0.25, 0.3) is 0 Å². The van der Waals surface area contributed by atoms with Gasteiger partial charge >= 0.3 is 0 Å². The normalized spacial score (nSPS) is 15.4. The molecule has 0 spiro atoms. The van der Waals surface area contributed by atoms with E-state index in [1.54, 1.807) is 6.20 Å². The van der Waals surface area contributed by atoms with E-state index >= 15 is 0 Å². The van der Waals surface area contributed by atoms with E-state index in [9.17, 15) is 0 Å². The van der Waals surface area contributed by atoms with Gasteiger partial charge in [0.05, 0.1) is 32.5 Å². The highest BCUT2D eigenvalue weighted by Crippen LogP contribution is 2.22. The van der Waals surface area contributed by atoms with E-state index < -0.39 is 0 Å². The second-order valence-electron chi connectivity index (χ2n) is 8.18. The van der Waals surface area contributed by atoms with Crippen molar-refractivity contribution < 1.29 is 9.15 Å². The van der Waals surface area contributed by atoms with Crippen molar-refractivity contribution in [3.8, 4) is 0 Å². The Labute approximate surface area is 173 Å². The van der Waals surface area contributed by atoms with Crippen LogP contribution in [-0.2, 0) is 23.2 Å². The van der Waals surface area contributed by atoms with E-state index in [0.717, 1.165) is 44.6 Å². The molecule has 0 atom stereocenters. The Balaban J connectivity index is 1.56. The predicted molar refractivity (Wildman–Crippen MR) is 116 cm³/mol. The molecule has 2 N–H and O–H groups in total. The zero-order valence-corrected chi connectivity index (χ0v) is 18.0. The van der Waals surface area contributed by atoms with Crippen molar-refractivity contribution in [3.63, 3.8) is 0 Å². The number of benzene rings is 1. The van der Waals surface area contributed by atoms with Crippen LogP contribution < -0.4 is 15.5 Å². The van der Waals surface area contributed by atoms with E-state index in [-0.39, 0.29) is 5.41 Å². The summed E-state index contributed by atoms with van der Waals surface area (Å²) < 4.78 is 11.3. The molecule has 1 saturated heterocycles. The largest absolute Gasteiger partial charge is 0.443 e. The molecule has 1 fully saturated rings. The highest BCUT2D eigenvalue weighted by Gasteiger charge is 2.19. The standard InChI is InChI=1S/C22H33N5O2/c1-5-23-21(26-16-20-24-15-19(29-20)22(2,3)4)25-14-17-6-8-18(9-7-17)27-10-12-28-13-11-27/h6-9,15H,5,10-14,16H2,1-4H3,(H2,23,25,26). The molecule has 7 nitrogen and oxygen atoms in total. The van der Waals surface area contributed by atoms with Gasteiger partial charge in [-0.25, -0.2) is 9.98 Å². The van der Waals surface area contributed by atoms with Crippen molar-refractivity contribution in [2.24, 2.45) is 4.99 Å². The number of rotatable bonds is 6. The van der Waals surface area contributed by atoms with Crippen LogP contribution in [0.25, 0.3) is 0 Å². The maximum absolute atomic E-state index is 5.84. The zero-order chi connectivity index (χ0) is 20.7. The molecule has 2 heterocycles. The van der Waals surface area contributed by atoms with Gasteiger partial charge in [-0.05, 0) is 24.6 Å². The Morgan fingerprint density at radius 1 is 1.14 bits per heavy atom. The van der Waals surface area contributed by atoms with Crippen LogP contribution in [0.1, 0.15) is 44.9 Å². The van der Waals surface area contributed by atoms with Crippen LogP contribution in [0.2, 0.25) is 0 Å². The summed E-state index contributed by atoms with van der Waals surface area (Å²) in [5.41, 5.74) is 2.37. The van der Waals surface area contributed by atoms with Crippen molar-refractivity contribution in [1.29, 1.82) is 0 Å². The first-order valence-electron chi connectivity index (χ1n) is 10.3. The SMILES string of the molecule is CCNC(=NCc1ccc(N2CCOCC2)cc1)NCc1ncc(C(C)(C)C)o1. The zero-order valence-electron chi connectivity index (χ0n) is 18.0. The van der Waals surface area contributed by atoms with E-state index in [0.29, 0.717) is 19.0 Å². The van der Waals surface area contributed by atoms with Gasteiger partial charge < -0.3 is 24.7 Å². The molecule has 0 saturated carbocycles. The quantitative estimate of drug-likeness (QED) is 0.574. The molecule has 0 unspecified atom stereocenters. The second kappa shape index (κ2) is 9.78. The molecular weight excluding hydrogens is 366 g/mol. The fraction of sp³-hybridized carbons (Fsp3) is 0.545. The average molecular weight is 400 g/mol. The van der Waals surface area contributed by atoms with Crippen LogP contribution in [0.3, 0.4) is 0 Å². The molecule has 3 rings (SSSR count). The molecule has 2 aromatic rings. The van der Waals surface area contributed by atoms with Gasteiger partial charge in [0, 0.05) is 30.7 Å². The van der Waals surface area contributed by atoms with Crippen LogP contribution in [0, 0.1) is 0 Å². The van der Waals surface area contributed by atoms with E-state index in [1.807, 2.05) is 0 Å². The number of aromatic nitrogens is 1. The Morgan fingerprint density at radius 2 is 1.86 bits per heavy atom. The molecule has 29 heavy (non-hydrogen) atoms. The lowest BCUT2D eigenvalue weighted by Gasteiger charge is -2.28. The highest BCUT2D eigenvalue weighted by molar-refractivity contribution is 5.79. The van der Waals surface area contributed by atoms with Crippen LogP contribution in [0.5, 0.6) is 0 Å². The lowest BCUT2D eigenvalue weighted by atomic mass is 9.94. The van der Waals surface area contributed by atoms with E-state index in [4.69, 9.17) is 9.15 Å². The topological polar surface area (TPSA) is 74.9 Å². The lowest BCUT2D eigenvalue weighted by molar-refractivity contribution is 0.122. The van der Waals surface area contributed by atoms with Gasteiger partial charge in [-0.2, -0.15) is 0 Å². The van der Waals surface area contributed by atoms with Gasteiger partial charge in [-0.1, -0.05) is 32.9 Å². The number of nitrogens with zero attached hydrogens (tertiary/aromatic N) is 3. The minimum Gasteiger partial charge on any atom is -0.443 e. The van der Waals surface area contributed by atoms with Gasteiger partial charge in [-0.3, -0.25) is 0 Å². The molecule has 1 aliphatic rings. The number of aliphatic imine (C=N–C) groups is 1. The van der Waals surface area contributed by atoms with Crippen molar-refractivity contribution in [3.05, 3.63) is 47.7 Å². The van der Waals surface area contributed by atoms with Crippen LogP contribution >= 0.6 is 0 Å². The van der Waals surface area contributed by atoms with Gasteiger partial charge in [0.15, 0.2) is 5.96 Å². The van der Waals surface area contributed by atoms with Crippen LogP contribution in [0.4, 0.5) is 5.69 Å². The van der Waals surface area contributed by atoms with Gasteiger partial charge in [-0.15, -0.1) is 0 Å². The Hall–Kier alpha value is -2.54. The minimum atomic E-state index is -0.0444. The predicted octanol–water partition coefficient (Wildman–Crippen LogP) is 3.06. The van der Waals surface area contributed by atoms with Crippen molar-refractivity contribution >= 4 is 11.6 Å². The maximum Gasteiger partial charge on any atom is 0.213 e. The number of guanidine groups is 1. The summed E-state index contributed by atoms with van der Waals surface area (Å²) in [5, 5.41) is 6.57. The number of oxazole rings is 1. The summed E-state index contributed by atoms with van der Waals surface area (Å²) in [7, 11) is 0. The van der Waals surface area contributed by atoms with Crippen molar-refractivity contribution in [2.45, 2.75) is 46.2 Å². The number of nitrogens with one attached hydrogen (secondary N) is 2. The molecule has 7 heteroatoms. The summed E-state index contributed by atoms with van der Waals surface area (Å²) >= 11 is 0. The summed E-state index contributed by atoms with van der Waals surface area (Å²) in [4.78, 5) is 11.4. The Kier molecular flexibility index (Phi) is 7.14. The molecule has 0 bridgehead atoms. The number of hydrogen-bond acceptors (Lipinski definition) is 5. The number of hydrogen-bond donors (Lipinski definition) is 2. The molecule has 0 amide bonds. The summed E-state index contributed by atoms with van der Waals surface area (Å²) in [6.45, 7) is 13.8. The number of anilines is 1.